The Morgan fingerprint density at radius 2 is 1.68 bits per heavy atom. The molecule has 0 amide bonds. The zero-order valence-electron chi connectivity index (χ0n) is 16.9. The quantitative estimate of drug-likeness (QED) is 0.650. The summed E-state index contributed by atoms with van der Waals surface area (Å²) in [7, 11) is -3.79. The van der Waals surface area contributed by atoms with Gasteiger partial charge in [-0.15, -0.1) is 0 Å². The van der Waals surface area contributed by atoms with Crippen molar-refractivity contribution in [2.24, 2.45) is 0 Å². The number of halogens is 1. The van der Waals surface area contributed by atoms with Crippen LogP contribution in [0.2, 0.25) is 0 Å². The van der Waals surface area contributed by atoms with Gasteiger partial charge in [-0.1, -0.05) is 30.3 Å². The van der Waals surface area contributed by atoms with Crippen LogP contribution < -0.4 is 9.46 Å². The lowest BCUT2D eigenvalue weighted by Gasteiger charge is -2.30. The molecule has 0 unspecified atom stereocenters. The molecule has 0 radical (unpaired) electrons. The van der Waals surface area contributed by atoms with Crippen LogP contribution in [-0.4, -0.2) is 38.5 Å². The van der Waals surface area contributed by atoms with Crippen molar-refractivity contribution in [1.82, 2.24) is 9.62 Å². The number of hydrogen-bond donors (Lipinski definition) is 1. The predicted octanol–water partition coefficient (Wildman–Crippen LogP) is 3.80. The first-order valence-electron chi connectivity index (χ1n) is 9.42. The third-order valence-electron chi connectivity index (χ3n) is 4.44. The van der Waals surface area contributed by atoms with Crippen LogP contribution in [0, 0.1) is 5.82 Å². The summed E-state index contributed by atoms with van der Waals surface area (Å²) in [5.41, 5.74) is 0.903. The first kappa shape index (κ1) is 22.3. The number of benzene rings is 2. The molecule has 0 aliphatic heterocycles. The second-order valence-electron chi connectivity index (χ2n) is 7.19. The smallest absolute Gasteiger partial charge is 0.240 e. The van der Waals surface area contributed by atoms with E-state index in [2.05, 4.69) is 37.3 Å². The minimum absolute atomic E-state index is 0.0218. The fourth-order valence-electron chi connectivity index (χ4n) is 3.01. The molecule has 0 atom stereocenters. The summed E-state index contributed by atoms with van der Waals surface area (Å²) in [6.45, 7) is 9.32. The highest BCUT2D eigenvalue weighted by Gasteiger charge is 2.18. The number of hydrogen-bond acceptors (Lipinski definition) is 4. The molecule has 0 bridgehead atoms. The number of nitrogens with zero attached hydrogens (tertiary/aromatic N) is 1. The third-order valence-corrected chi connectivity index (χ3v) is 5.90. The van der Waals surface area contributed by atoms with E-state index in [1.807, 2.05) is 30.3 Å². The Morgan fingerprint density at radius 3 is 2.25 bits per heavy atom. The van der Waals surface area contributed by atoms with E-state index in [4.69, 9.17) is 4.74 Å². The SMILES string of the molecule is CC(C)N(CCNS(=O)(=O)c1ccc(OCc2ccccc2)c(F)c1)C(C)C. The van der Waals surface area contributed by atoms with Crippen molar-refractivity contribution in [2.75, 3.05) is 13.1 Å². The summed E-state index contributed by atoms with van der Waals surface area (Å²) >= 11 is 0. The molecule has 0 aliphatic rings. The monoisotopic (exact) mass is 408 g/mol. The molecular weight excluding hydrogens is 379 g/mol. The Kier molecular flexibility index (Phi) is 7.98. The Balaban J connectivity index is 1.99. The van der Waals surface area contributed by atoms with Gasteiger partial charge in [-0.3, -0.25) is 4.90 Å². The van der Waals surface area contributed by atoms with E-state index >= 15 is 0 Å². The van der Waals surface area contributed by atoms with Gasteiger partial charge in [0.2, 0.25) is 10.0 Å². The fourth-order valence-corrected chi connectivity index (χ4v) is 4.04. The van der Waals surface area contributed by atoms with Gasteiger partial charge in [-0.2, -0.15) is 0 Å². The Morgan fingerprint density at radius 1 is 1.04 bits per heavy atom. The van der Waals surface area contributed by atoms with Crippen LogP contribution in [0.25, 0.3) is 0 Å². The summed E-state index contributed by atoms with van der Waals surface area (Å²) in [4.78, 5) is 2.07. The molecule has 28 heavy (non-hydrogen) atoms. The maximum absolute atomic E-state index is 14.3. The molecule has 7 heteroatoms. The summed E-state index contributed by atoms with van der Waals surface area (Å²) in [5.74, 6) is -0.682. The van der Waals surface area contributed by atoms with Crippen molar-refractivity contribution in [3.63, 3.8) is 0 Å². The summed E-state index contributed by atoms with van der Waals surface area (Å²) < 4.78 is 47.2. The van der Waals surface area contributed by atoms with Crippen LogP contribution in [0.5, 0.6) is 5.75 Å². The normalized spacial score (nSPS) is 12.1. The van der Waals surface area contributed by atoms with E-state index in [0.717, 1.165) is 11.6 Å². The molecule has 0 fully saturated rings. The minimum Gasteiger partial charge on any atom is -0.486 e. The number of nitrogens with one attached hydrogen (secondary N) is 1. The first-order chi connectivity index (χ1) is 13.2. The van der Waals surface area contributed by atoms with Gasteiger partial charge < -0.3 is 4.74 Å². The van der Waals surface area contributed by atoms with Gasteiger partial charge in [0.25, 0.3) is 0 Å². The van der Waals surface area contributed by atoms with Crippen molar-refractivity contribution >= 4 is 10.0 Å². The Hall–Kier alpha value is -1.96. The van der Waals surface area contributed by atoms with E-state index in [0.29, 0.717) is 18.6 Å². The lowest BCUT2D eigenvalue weighted by molar-refractivity contribution is 0.179. The molecule has 0 saturated heterocycles. The summed E-state index contributed by atoms with van der Waals surface area (Å²) in [6.07, 6.45) is 0. The molecule has 5 nitrogen and oxygen atoms in total. The maximum atomic E-state index is 14.3. The summed E-state index contributed by atoms with van der Waals surface area (Å²) in [6, 6.07) is 13.7. The standard InChI is InChI=1S/C21H29FN2O3S/c1-16(2)24(17(3)4)13-12-23-28(25,26)19-10-11-21(20(22)14-19)27-15-18-8-6-5-7-9-18/h5-11,14,16-17,23H,12-13,15H2,1-4H3. The van der Waals surface area contributed by atoms with E-state index in [-0.39, 0.29) is 23.8 Å². The van der Waals surface area contributed by atoms with Crippen molar-refractivity contribution < 1.29 is 17.5 Å². The molecule has 0 heterocycles. The van der Waals surface area contributed by atoms with Gasteiger partial charge >= 0.3 is 0 Å². The van der Waals surface area contributed by atoms with Gasteiger partial charge in [-0.05, 0) is 51.5 Å². The second kappa shape index (κ2) is 10.0. The summed E-state index contributed by atoms with van der Waals surface area (Å²) in [5, 5.41) is 0. The molecule has 1 N–H and O–H groups in total. The first-order valence-corrected chi connectivity index (χ1v) is 10.9. The van der Waals surface area contributed by atoms with Crippen molar-refractivity contribution in [1.29, 1.82) is 0 Å². The molecule has 2 aromatic carbocycles. The van der Waals surface area contributed by atoms with Gasteiger partial charge in [-0.25, -0.2) is 17.5 Å². The molecule has 0 aliphatic carbocycles. The topological polar surface area (TPSA) is 58.6 Å². The van der Waals surface area contributed by atoms with Gasteiger partial charge in [0.15, 0.2) is 11.6 Å². The van der Waals surface area contributed by atoms with Crippen LogP contribution in [0.1, 0.15) is 33.3 Å². The number of rotatable bonds is 10. The van der Waals surface area contributed by atoms with Crippen LogP contribution in [0.15, 0.2) is 53.4 Å². The molecule has 0 spiro atoms. The van der Waals surface area contributed by atoms with Crippen molar-refractivity contribution in [3.8, 4) is 5.75 Å². The van der Waals surface area contributed by atoms with Gasteiger partial charge in [0.05, 0.1) is 4.90 Å². The third kappa shape index (κ3) is 6.29. The highest BCUT2D eigenvalue weighted by atomic mass is 32.2. The zero-order valence-corrected chi connectivity index (χ0v) is 17.7. The highest BCUT2D eigenvalue weighted by molar-refractivity contribution is 7.89. The largest absolute Gasteiger partial charge is 0.486 e. The van der Waals surface area contributed by atoms with Crippen molar-refractivity contribution in [2.45, 2.75) is 51.3 Å². The van der Waals surface area contributed by atoms with E-state index in [1.54, 1.807) is 0 Å². The molecule has 2 aromatic rings. The van der Waals surface area contributed by atoms with Crippen LogP contribution in [-0.2, 0) is 16.6 Å². The molecule has 0 saturated carbocycles. The second-order valence-corrected chi connectivity index (χ2v) is 8.96. The van der Waals surface area contributed by atoms with Crippen LogP contribution in [0.3, 0.4) is 0 Å². The molecular formula is C21H29FN2O3S. The van der Waals surface area contributed by atoms with Gasteiger partial charge in [0.1, 0.15) is 6.61 Å². The predicted molar refractivity (Wildman–Crippen MR) is 109 cm³/mol. The Bertz CT molecular complexity index is 847. The molecule has 154 valence electrons. The fraction of sp³-hybridized carbons (Fsp3) is 0.429. The van der Waals surface area contributed by atoms with Crippen molar-refractivity contribution in [3.05, 3.63) is 59.9 Å². The van der Waals surface area contributed by atoms with E-state index in [9.17, 15) is 12.8 Å². The van der Waals surface area contributed by atoms with Gasteiger partial charge in [0, 0.05) is 25.2 Å². The number of ether oxygens (including phenoxy) is 1. The highest BCUT2D eigenvalue weighted by Crippen LogP contribution is 2.22. The van der Waals surface area contributed by atoms with E-state index < -0.39 is 15.8 Å². The average molecular weight is 409 g/mol. The van der Waals surface area contributed by atoms with E-state index in [1.165, 1.54) is 12.1 Å². The lowest BCUT2D eigenvalue weighted by Crippen LogP contribution is -2.42. The maximum Gasteiger partial charge on any atom is 0.240 e. The average Bonchev–Trinajstić information content (AvgIpc) is 2.64. The molecule has 0 aromatic heterocycles. The Labute approximate surface area is 167 Å². The minimum atomic E-state index is -3.79. The van der Waals surface area contributed by atoms with Crippen LogP contribution >= 0.6 is 0 Å². The lowest BCUT2D eigenvalue weighted by atomic mass is 10.2. The van der Waals surface area contributed by atoms with Crippen LogP contribution in [0.4, 0.5) is 4.39 Å². The zero-order chi connectivity index (χ0) is 20.7. The molecule has 2 rings (SSSR count). The number of sulfonamides is 1.